The van der Waals surface area contributed by atoms with Crippen molar-refractivity contribution in [2.75, 3.05) is 18.4 Å². The van der Waals surface area contributed by atoms with Gasteiger partial charge in [0.1, 0.15) is 0 Å². The van der Waals surface area contributed by atoms with Crippen molar-refractivity contribution in [3.8, 4) is 0 Å². The first-order valence-corrected chi connectivity index (χ1v) is 7.82. The summed E-state index contributed by atoms with van der Waals surface area (Å²) >= 11 is 0. The molecular formula is C17H25N3O2. The van der Waals surface area contributed by atoms with E-state index in [0.717, 1.165) is 13.1 Å². The summed E-state index contributed by atoms with van der Waals surface area (Å²) in [7, 11) is 0. The molecule has 22 heavy (non-hydrogen) atoms. The van der Waals surface area contributed by atoms with Gasteiger partial charge in [-0.25, -0.2) is 0 Å². The first-order valence-electron chi connectivity index (χ1n) is 7.82. The molecule has 5 nitrogen and oxygen atoms in total. The summed E-state index contributed by atoms with van der Waals surface area (Å²) in [6, 6.07) is 6.59. The standard InChI is InChI=1S/C17H25N3O2/c1-11-8-12(2)10-20(9-11)13(3)17(22)19-15-7-5-4-6-14(15)16(18)21/h4-7,11-13H,8-10H2,1-3H3,(H2,18,21)(H,19,22)/t11-,12-,13+/m1/s1. The smallest absolute Gasteiger partial charge is 0.250 e. The third kappa shape index (κ3) is 3.85. The first-order chi connectivity index (χ1) is 10.4. The van der Waals surface area contributed by atoms with E-state index in [2.05, 4.69) is 24.1 Å². The molecule has 0 spiro atoms. The fourth-order valence-electron chi connectivity index (χ4n) is 3.24. The van der Waals surface area contributed by atoms with Crippen LogP contribution >= 0.6 is 0 Å². The topological polar surface area (TPSA) is 75.4 Å². The number of piperidine rings is 1. The van der Waals surface area contributed by atoms with Gasteiger partial charge in [0, 0.05) is 13.1 Å². The molecule has 0 aliphatic carbocycles. The van der Waals surface area contributed by atoms with Gasteiger partial charge in [0.25, 0.3) is 5.91 Å². The number of para-hydroxylation sites is 1. The van der Waals surface area contributed by atoms with Crippen molar-refractivity contribution < 1.29 is 9.59 Å². The van der Waals surface area contributed by atoms with E-state index < -0.39 is 5.91 Å². The molecule has 1 heterocycles. The molecule has 0 bridgehead atoms. The van der Waals surface area contributed by atoms with Crippen LogP contribution in [0.4, 0.5) is 5.69 Å². The minimum Gasteiger partial charge on any atom is -0.366 e. The van der Waals surface area contributed by atoms with Crippen molar-refractivity contribution in [2.45, 2.75) is 33.2 Å². The summed E-state index contributed by atoms with van der Waals surface area (Å²) in [5.74, 6) is 0.549. The number of primary amides is 1. The lowest BCUT2D eigenvalue weighted by Gasteiger charge is -2.38. The Morgan fingerprint density at radius 2 is 1.82 bits per heavy atom. The van der Waals surface area contributed by atoms with Gasteiger partial charge in [-0.2, -0.15) is 0 Å². The molecule has 0 aromatic heterocycles. The Hall–Kier alpha value is -1.88. The van der Waals surface area contributed by atoms with Crippen LogP contribution in [-0.2, 0) is 4.79 Å². The van der Waals surface area contributed by atoms with Crippen LogP contribution in [0.2, 0.25) is 0 Å². The van der Waals surface area contributed by atoms with Gasteiger partial charge in [0.2, 0.25) is 5.91 Å². The number of nitrogens with one attached hydrogen (secondary N) is 1. The molecule has 1 aromatic rings. The molecule has 1 saturated heterocycles. The number of carbonyl (C=O) groups excluding carboxylic acids is 2. The van der Waals surface area contributed by atoms with E-state index in [0.29, 0.717) is 23.1 Å². The van der Waals surface area contributed by atoms with Crippen LogP contribution < -0.4 is 11.1 Å². The van der Waals surface area contributed by atoms with Crippen LogP contribution in [0.15, 0.2) is 24.3 Å². The van der Waals surface area contributed by atoms with E-state index in [1.807, 2.05) is 6.92 Å². The van der Waals surface area contributed by atoms with Gasteiger partial charge in [0.05, 0.1) is 17.3 Å². The lowest BCUT2D eigenvalue weighted by molar-refractivity contribution is -0.121. The predicted molar refractivity (Wildman–Crippen MR) is 87.6 cm³/mol. The van der Waals surface area contributed by atoms with Gasteiger partial charge < -0.3 is 11.1 Å². The second-order valence-corrected chi connectivity index (χ2v) is 6.48. The second-order valence-electron chi connectivity index (χ2n) is 6.48. The maximum atomic E-state index is 12.5. The molecule has 1 aliphatic rings. The molecule has 2 rings (SSSR count). The lowest BCUT2D eigenvalue weighted by atomic mass is 9.91. The average Bonchev–Trinajstić information content (AvgIpc) is 2.45. The minimum absolute atomic E-state index is 0.102. The maximum Gasteiger partial charge on any atom is 0.250 e. The SMILES string of the molecule is C[C@@H]1C[C@@H](C)CN([C@@H](C)C(=O)Nc2ccccc2C(N)=O)C1. The highest BCUT2D eigenvalue weighted by Gasteiger charge is 2.29. The second kappa shape index (κ2) is 6.92. The predicted octanol–water partition coefficient (Wildman–Crippen LogP) is 2.09. The van der Waals surface area contributed by atoms with Crippen molar-refractivity contribution in [1.82, 2.24) is 4.90 Å². The maximum absolute atomic E-state index is 12.5. The summed E-state index contributed by atoms with van der Waals surface area (Å²) in [6.45, 7) is 8.20. The van der Waals surface area contributed by atoms with Crippen molar-refractivity contribution in [3.63, 3.8) is 0 Å². The molecule has 1 fully saturated rings. The Morgan fingerprint density at radius 3 is 2.41 bits per heavy atom. The van der Waals surface area contributed by atoms with Crippen LogP contribution in [0.1, 0.15) is 37.6 Å². The summed E-state index contributed by atoms with van der Waals surface area (Å²) in [6.07, 6.45) is 1.20. The summed E-state index contributed by atoms with van der Waals surface area (Å²) in [4.78, 5) is 26.1. The zero-order valence-electron chi connectivity index (χ0n) is 13.5. The fraction of sp³-hybridized carbons (Fsp3) is 0.529. The zero-order chi connectivity index (χ0) is 16.3. The number of likely N-dealkylation sites (tertiary alicyclic amines) is 1. The summed E-state index contributed by atoms with van der Waals surface area (Å²) in [5, 5.41) is 2.84. The van der Waals surface area contributed by atoms with Gasteiger partial charge in [-0.15, -0.1) is 0 Å². The molecule has 5 heteroatoms. The molecule has 3 atom stereocenters. The highest BCUT2D eigenvalue weighted by atomic mass is 16.2. The molecule has 120 valence electrons. The van der Waals surface area contributed by atoms with Gasteiger partial charge in [0.15, 0.2) is 0 Å². The number of hydrogen-bond acceptors (Lipinski definition) is 3. The third-order valence-electron chi connectivity index (χ3n) is 4.27. The summed E-state index contributed by atoms with van der Waals surface area (Å²) < 4.78 is 0. The first kappa shape index (κ1) is 16.5. The van der Waals surface area contributed by atoms with Crippen LogP contribution in [0.3, 0.4) is 0 Å². The lowest BCUT2D eigenvalue weighted by Crippen LogP contribution is -2.48. The van der Waals surface area contributed by atoms with E-state index in [9.17, 15) is 9.59 Å². The van der Waals surface area contributed by atoms with E-state index in [4.69, 9.17) is 5.73 Å². The van der Waals surface area contributed by atoms with Crippen molar-refractivity contribution in [1.29, 1.82) is 0 Å². The van der Waals surface area contributed by atoms with Crippen molar-refractivity contribution >= 4 is 17.5 Å². The number of amides is 2. The molecule has 1 aromatic carbocycles. The molecule has 2 amide bonds. The number of anilines is 1. The monoisotopic (exact) mass is 303 g/mol. The van der Waals surface area contributed by atoms with E-state index in [1.54, 1.807) is 24.3 Å². The molecule has 1 aliphatic heterocycles. The van der Waals surface area contributed by atoms with E-state index >= 15 is 0 Å². The fourth-order valence-corrected chi connectivity index (χ4v) is 3.24. The molecule has 0 unspecified atom stereocenters. The van der Waals surface area contributed by atoms with Crippen LogP contribution in [0.5, 0.6) is 0 Å². The molecule has 3 N–H and O–H groups in total. The highest BCUT2D eigenvalue weighted by molar-refractivity contribution is 6.04. The quantitative estimate of drug-likeness (QED) is 0.894. The number of nitrogens with zero attached hydrogens (tertiary/aromatic N) is 1. The Bertz CT molecular complexity index is 549. The molecular weight excluding hydrogens is 278 g/mol. The molecule has 0 saturated carbocycles. The zero-order valence-corrected chi connectivity index (χ0v) is 13.5. The minimum atomic E-state index is -0.538. The number of hydrogen-bond donors (Lipinski definition) is 2. The Labute approximate surface area is 131 Å². The Kier molecular flexibility index (Phi) is 5.19. The van der Waals surface area contributed by atoms with Crippen LogP contribution in [-0.4, -0.2) is 35.8 Å². The van der Waals surface area contributed by atoms with Gasteiger partial charge in [-0.3, -0.25) is 14.5 Å². The Balaban J connectivity index is 2.07. The normalized spacial score (nSPS) is 23.8. The number of benzene rings is 1. The van der Waals surface area contributed by atoms with Crippen LogP contribution in [0, 0.1) is 11.8 Å². The van der Waals surface area contributed by atoms with Gasteiger partial charge in [-0.1, -0.05) is 26.0 Å². The number of rotatable bonds is 4. The third-order valence-corrected chi connectivity index (χ3v) is 4.27. The van der Waals surface area contributed by atoms with Gasteiger partial charge >= 0.3 is 0 Å². The Morgan fingerprint density at radius 1 is 1.23 bits per heavy atom. The van der Waals surface area contributed by atoms with E-state index in [1.165, 1.54) is 6.42 Å². The van der Waals surface area contributed by atoms with Gasteiger partial charge in [-0.05, 0) is 37.3 Å². The number of carbonyl (C=O) groups is 2. The average molecular weight is 303 g/mol. The largest absolute Gasteiger partial charge is 0.366 e. The van der Waals surface area contributed by atoms with E-state index in [-0.39, 0.29) is 11.9 Å². The summed E-state index contributed by atoms with van der Waals surface area (Å²) in [5.41, 5.74) is 6.16. The number of nitrogens with two attached hydrogens (primary N) is 1. The van der Waals surface area contributed by atoms with Crippen molar-refractivity contribution in [3.05, 3.63) is 29.8 Å². The highest BCUT2D eigenvalue weighted by Crippen LogP contribution is 2.23. The van der Waals surface area contributed by atoms with Crippen molar-refractivity contribution in [2.24, 2.45) is 17.6 Å². The molecule has 0 radical (unpaired) electrons. The van der Waals surface area contributed by atoms with Crippen LogP contribution in [0.25, 0.3) is 0 Å².